The Bertz CT molecular complexity index is 1290. The fourth-order valence-electron chi connectivity index (χ4n) is 4.07. The number of nitrogen functional groups attached to an aromatic ring is 1. The molecule has 0 aliphatic heterocycles. The van der Waals surface area contributed by atoms with Crippen molar-refractivity contribution >= 4 is 17.3 Å². The monoisotopic (exact) mass is 445 g/mol. The van der Waals surface area contributed by atoms with Gasteiger partial charge in [0.25, 0.3) is 0 Å². The van der Waals surface area contributed by atoms with Gasteiger partial charge in [0, 0.05) is 36.3 Å². The number of rotatable bonds is 8. The molecule has 9 nitrogen and oxygen atoms in total. The lowest BCUT2D eigenvalue weighted by Crippen LogP contribution is -2.08. The van der Waals surface area contributed by atoms with Crippen LogP contribution in [0, 0.1) is 13.8 Å². The van der Waals surface area contributed by atoms with Gasteiger partial charge in [0.15, 0.2) is 0 Å². The topological polar surface area (TPSA) is 123 Å². The van der Waals surface area contributed by atoms with E-state index >= 15 is 0 Å². The molecule has 4 heterocycles. The molecule has 0 aromatic carbocycles. The first-order chi connectivity index (χ1) is 16.0. The molecule has 170 valence electrons. The molecule has 1 fully saturated rings. The number of hydrogen-bond acceptors (Lipinski definition) is 8. The Morgan fingerprint density at radius 3 is 2.76 bits per heavy atom. The number of anilines is 2. The Morgan fingerprint density at radius 2 is 2.00 bits per heavy atom. The van der Waals surface area contributed by atoms with Crippen molar-refractivity contribution < 1.29 is 9.84 Å². The summed E-state index contributed by atoms with van der Waals surface area (Å²) in [6.45, 7) is 4.76. The maximum absolute atomic E-state index is 9.77. The number of imidazole rings is 1. The van der Waals surface area contributed by atoms with Crippen LogP contribution < -0.4 is 15.8 Å². The number of aliphatic hydroxyl groups excluding tert-OH is 1. The van der Waals surface area contributed by atoms with E-state index in [0.29, 0.717) is 30.0 Å². The van der Waals surface area contributed by atoms with Gasteiger partial charge in [-0.05, 0) is 61.4 Å². The van der Waals surface area contributed by atoms with E-state index in [-0.39, 0.29) is 13.2 Å². The molecule has 0 atom stereocenters. The first-order valence-electron chi connectivity index (χ1n) is 11.0. The quantitative estimate of drug-likeness (QED) is 0.378. The minimum Gasteiger partial charge on any atom is -0.471 e. The largest absolute Gasteiger partial charge is 0.471 e. The molecule has 1 aliphatic carbocycles. The van der Waals surface area contributed by atoms with Crippen molar-refractivity contribution in [3.05, 3.63) is 70.6 Å². The van der Waals surface area contributed by atoms with Crippen molar-refractivity contribution in [1.29, 1.82) is 0 Å². The smallest absolute Gasteiger partial charge is 0.218 e. The van der Waals surface area contributed by atoms with Gasteiger partial charge in [0.05, 0.1) is 12.3 Å². The number of nitrogens with two attached hydrogens (primary N) is 1. The molecule has 1 saturated carbocycles. The highest BCUT2D eigenvalue weighted by Crippen LogP contribution is 2.40. The second-order valence-corrected chi connectivity index (χ2v) is 8.51. The molecular weight excluding hydrogens is 418 g/mol. The number of pyridine rings is 2. The summed E-state index contributed by atoms with van der Waals surface area (Å²) in [4.78, 5) is 17.5. The van der Waals surface area contributed by atoms with E-state index in [1.807, 2.05) is 30.5 Å². The summed E-state index contributed by atoms with van der Waals surface area (Å²) < 4.78 is 7.87. The molecule has 0 bridgehead atoms. The van der Waals surface area contributed by atoms with Crippen LogP contribution in [0.3, 0.4) is 0 Å². The summed E-state index contributed by atoms with van der Waals surface area (Å²) >= 11 is 0. The predicted molar refractivity (Wildman–Crippen MR) is 125 cm³/mol. The van der Waals surface area contributed by atoms with Gasteiger partial charge in [-0.1, -0.05) is 0 Å². The molecule has 33 heavy (non-hydrogen) atoms. The number of fused-ring (bicyclic) bond motifs is 1. The normalized spacial score (nSPS) is 13.4. The first kappa shape index (κ1) is 21.1. The lowest BCUT2D eigenvalue weighted by Gasteiger charge is -2.12. The number of ether oxygens (including phenoxy) is 1. The molecule has 9 heteroatoms. The highest BCUT2D eigenvalue weighted by Gasteiger charge is 2.25. The van der Waals surface area contributed by atoms with Crippen molar-refractivity contribution in [2.75, 3.05) is 11.1 Å². The van der Waals surface area contributed by atoms with Gasteiger partial charge in [-0.3, -0.25) is 0 Å². The van der Waals surface area contributed by atoms with E-state index in [1.165, 1.54) is 24.7 Å². The average Bonchev–Trinajstić information content (AvgIpc) is 3.56. The molecule has 4 aromatic rings. The van der Waals surface area contributed by atoms with Gasteiger partial charge >= 0.3 is 0 Å². The standard InChI is InChI=1S/C24H27N7O2/c1-14-5-21(25)29-15(2)20(14)8-26-22-7-23(28-13-27-22)33-12-19-10-31-9-17(16-3-4-16)6-18(11-32)24(31)30-19/h5-7,9-10,13,16,32H,3-4,8,11-12H2,1-2H3,(H2,25,29)(H,26,27,28). The SMILES string of the molecule is Cc1cc(N)nc(C)c1CNc1cc(OCc2cn3cc(C4CC4)cc(CO)c3n2)ncn1. The average molecular weight is 446 g/mol. The Hall–Kier alpha value is -3.72. The van der Waals surface area contributed by atoms with Crippen LogP contribution >= 0.6 is 0 Å². The molecule has 0 saturated heterocycles. The highest BCUT2D eigenvalue weighted by molar-refractivity contribution is 5.51. The van der Waals surface area contributed by atoms with E-state index in [4.69, 9.17) is 10.5 Å². The number of nitrogens with zero attached hydrogens (tertiary/aromatic N) is 5. The maximum Gasteiger partial charge on any atom is 0.218 e. The third kappa shape index (κ3) is 4.58. The van der Waals surface area contributed by atoms with Crippen LogP contribution in [-0.4, -0.2) is 29.4 Å². The van der Waals surface area contributed by atoms with Crippen LogP contribution in [0.15, 0.2) is 36.9 Å². The van der Waals surface area contributed by atoms with Gasteiger partial charge in [-0.25, -0.2) is 19.9 Å². The van der Waals surface area contributed by atoms with Crippen molar-refractivity contribution in [2.45, 2.75) is 52.4 Å². The van der Waals surface area contributed by atoms with Crippen molar-refractivity contribution in [3.8, 4) is 5.88 Å². The number of hydrogen-bond donors (Lipinski definition) is 3. The zero-order valence-electron chi connectivity index (χ0n) is 18.7. The van der Waals surface area contributed by atoms with E-state index in [9.17, 15) is 5.11 Å². The van der Waals surface area contributed by atoms with Crippen molar-refractivity contribution in [1.82, 2.24) is 24.3 Å². The Labute approximate surface area is 191 Å². The van der Waals surface area contributed by atoms with Crippen LogP contribution in [0.5, 0.6) is 5.88 Å². The summed E-state index contributed by atoms with van der Waals surface area (Å²) in [6.07, 6.45) is 7.93. The predicted octanol–water partition coefficient (Wildman–Crippen LogP) is 3.28. The zero-order chi connectivity index (χ0) is 22.9. The minimum atomic E-state index is -0.0369. The summed E-state index contributed by atoms with van der Waals surface area (Å²) in [5.41, 5.74) is 12.5. The fourth-order valence-corrected chi connectivity index (χ4v) is 4.07. The molecule has 0 unspecified atom stereocenters. The molecular formula is C24H27N7O2. The van der Waals surface area contributed by atoms with Gasteiger partial charge in [0.2, 0.25) is 5.88 Å². The number of aliphatic hydroxyl groups is 1. The Balaban J connectivity index is 1.27. The molecule has 1 aliphatic rings. The second-order valence-electron chi connectivity index (χ2n) is 8.51. The lowest BCUT2D eigenvalue weighted by molar-refractivity contribution is 0.282. The highest BCUT2D eigenvalue weighted by atomic mass is 16.5. The number of nitrogens with one attached hydrogen (secondary N) is 1. The van der Waals surface area contributed by atoms with E-state index in [0.717, 1.165) is 33.7 Å². The summed E-state index contributed by atoms with van der Waals surface area (Å²) in [5, 5.41) is 13.1. The van der Waals surface area contributed by atoms with E-state index < -0.39 is 0 Å². The summed E-state index contributed by atoms with van der Waals surface area (Å²) in [7, 11) is 0. The Morgan fingerprint density at radius 1 is 1.15 bits per heavy atom. The van der Waals surface area contributed by atoms with Gasteiger partial charge in [-0.2, -0.15) is 0 Å². The first-order valence-corrected chi connectivity index (χ1v) is 11.0. The summed E-state index contributed by atoms with van der Waals surface area (Å²) in [6, 6.07) is 5.69. The van der Waals surface area contributed by atoms with Crippen LogP contribution in [0.2, 0.25) is 0 Å². The third-order valence-corrected chi connectivity index (χ3v) is 5.95. The molecule has 4 N–H and O–H groups in total. The summed E-state index contributed by atoms with van der Waals surface area (Å²) in [5.74, 6) is 2.23. The molecule has 4 aromatic heterocycles. The lowest BCUT2D eigenvalue weighted by atomic mass is 10.1. The van der Waals surface area contributed by atoms with Gasteiger partial charge < -0.3 is 25.3 Å². The molecule has 0 amide bonds. The second kappa shape index (κ2) is 8.67. The fraction of sp³-hybridized carbons (Fsp3) is 0.333. The van der Waals surface area contributed by atoms with Crippen LogP contribution in [0.4, 0.5) is 11.6 Å². The van der Waals surface area contributed by atoms with Crippen LogP contribution in [0.25, 0.3) is 5.65 Å². The maximum atomic E-state index is 9.77. The van der Waals surface area contributed by atoms with E-state index in [2.05, 4.69) is 37.5 Å². The van der Waals surface area contributed by atoms with Gasteiger partial charge in [0.1, 0.15) is 30.2 Å². The zero-order valence-corrected chi connectivity index (χ0v) is 18.7. The van der Waals surface area contributed by atoms with Gasteiger partial charge in [-0.15, -0.1) is 0 Å². The van der Waals surface area contributed by atoms with Crippen molar-refractivity contribution in [3.63, 3.8) is 0 Å². The minimum absolute atomic E-state index is 0.0369. The molecule has 5 rings (SSSR count). The number of aryl methyl sites for hydroxylation is 2. The molecule has 0 spiro atoms. The molecule has 0 radical (unpaired) electrons. The Kier molecular flexibility index (Phi) is 5.55. The van der Waals surface area contributed by atoms with E-state index in [1.54, 1.807) is 6.07 Å². The van der Waals surface area contributed by atoms with Crippen molar-refractivity contribution in [2.24, 2.45) is 0 Å². The van der Waals surface area contributed by atoms with Crippen LogP contribution in [0.1, 0.15) is 52.4 Å². The van der Waals surface area contributed by atoms with Crippen LogP contribution in [-0.2, 0) is 19.8 Å². The number of aromatic nitrogens is 5. The third-order valence-electron chi connectivity index (χ3n) is 5.95.